The van der Waals surface area contributed by atoms with Crippen LogP contribution in [0.4, 0.5) is 4.39 Å². The first-order chi connectivity index (χ1) is 14.8. The van der Waals surface area contributed by atoms with Crippen LogP contribution in [-0.4, -0.2) is 78.4 Å². The number of benzene rings is 1. The van der Waals surface area contributed by atoms with E-state index in [1.165, 1.54) is 59.5 Å². The van der Waals surface area contributed by atoms with Gasteiger partial charge in [-0.1, -0.05) is 30.1 Å². The number of likely N-dealkylation sites (N-methyl/N-ethyl adjacent to an activating group) is 1. The quantitative estimate of drug-likeness (QED) is 0.357. The first-order valence-corrected chi connectivity index (χ1v) is 9.51. The van der Waals surface area contributed by atoms with E-state index in [4.69, 9.17) is 9.47 Å². The van der Waals surface area contributed by atoms with Crippen molar-refractivity contribution < 1.29 is 34.0 Å². The molecule has 1 amide bonds. The number of nitrogens with zero attached hydrogens (tertiary/aromatic N) is 1. The van der Waals surface area contributed by atoms with Gasteiger partial charge in [-0.05, 0) is 42.5 Å². The minimum Gasteiger partial charge on any atom is -0.491 e. The van der Waals surface area contributed by atoms with Gasteiger partial charge in [-0.3, -0.25) is 4.79 Å². The first-order valence-electron chi connectivity index (χ1n) is 9.51. The maximum atomic E-state index is 12.8. The highest BCUT2D eigenvalue weighted by molar-refractivity contribution is 5.76. The molecule has 0 aliphatic heterocycles. The third kappa shape index (κ3) is 12.4. The lowest BCUT2D eigenvalue weighted by Crippen LogP contribution is -2.32. The molecule has 3 atom stereocenters. The second-order valence-corrected chi connectivity index (χ2v) is 6.59. The third-order valence-electron chi connectivity index (χ3n) is 3.73. The Balaban J connectivity index is 2.26. The van der Waals surface area contributed by atoms with Crippen molar-refractivity contribution in [2.45, 2.75) is 18.3 Å². The molecule has 0 spiro atoms. The van der Waals surface area contributed by atoms with Crippen molar-refractivity contribution in [3.05, 3.63) is 66.5 Å². The van der Waals surface area contributed by atoms with Crippen LogP contribution in [0.1, 0.15) is 0 Å². The molecule has 0 radical (unpaired) electrons. The van der Waals surface area contributed by atoms with Gasteiger partial charge >= 0.3 is 0 Å². The maximum Gasteiger partial charge on any atom is 0.248 e. The molecular weight excluding hydrogens is 405 g/mol. The van der Waals surface area contributed by atoms with Crippen LogP contribution in [0, 0.1) is 17.7 Å². The number of aliphatic hydroxyl groups excluding tert-OH is 3. The highest BCUT2D eigenvalue weighted by Gasteiger charge is 2.14. The standard InChI is InChI=1S/C23H28FNO6/c1-25(2)23(29)17-30-16-22(28)21(27)10-8-6-4-3-5-7-9-19(26)15-31-20-13-11-18(24)12-14-20/h4,6-14,19,21-22,26-28H,15-17H2,1-2H3. The third-order valence-corrected chi connectivity index (χ3v) is 3.73. The lowest BCUT2D eigenvalue weighted by Gasteiger charge is -2.15. The molecule has 168 valence electrons. The largest absolute Gasteiger partial charge is 0.491 e. The minimum atomic E-state index is -1.16. The van der Waals surface area contributed by atoms with E-state index in [9.17, 15) is 24.5 Å². The van der Waals surface area contributed by atoms with Gasteiger partial charge in [-0.25, -0.2) is 4.39 Å². The highest BCUT2D eigenvalue weighted by atomic mass is 19.1. The van der Waals surface area contributed by atoms with E-state index in [1.54, 1.807) is 20.2 Å². The van der Waals surface area contributed by atoms with Crippen molar-refractivity contribution in [2.24, 2.45) is 0 Å². The summed E-state index contributed by atoms with van der Waals surface area (Å²) in [6.07, 6.45) is 5.73. The van der Waals surface area contributed by atoms with Gasteiger partial charge in [-0.2, -0.15) is 0 Å². The van der Waals surface area contributed by atoms with Gasteiger partial charge in [0.25, 0.3) is 0 Å². The van der Waals surface area contributed by atoms with Crippen LogP contribution in [0.3, 0.4) is 0 Å². The predicted molar refractivity (Wildman–Crippen MR) is 115 cm³/mol. The number of hydrogen-bond donors (Lipinski definition) is 3. The van der Waals surface area contributed by atoms with Crippen molar-refractivity contribution in [3.8, 4) is 17.6 Å². The van der Waals surface area contributed by atoms with Gasteiger partial charge in [0.15, 0.2) is 0 Å². The monoisotopic (exact) mass is 433 g/mol. The molecule has 0 bridgehead atoms. The van der Waals surface area contributed by atoms with Gasteiger partial charge in [-0.15, -0.1) is 0 Å². The van der Waals surface area contributed by atoms with Gasteiger partial charge in [0.2, 0.25) is 5.91 Å². The molecule has 7 nitrogen and oxygen atoms in total. The Morgan fingerprint density at radius 1 is 1.06 bits per heavy atom. The Morgan fingerprint density at radius 3 is 2.42 bits per heavy atom. The fourth-order valence-electron chi connectivity index (χ4n) is 1.93. The molecule has 0 heterocycles. The Labute approximate surface area is 181 Å². The smallest absolute Gasteiger partial charge is 0.248 e. The number of rotatable bonds is 11. The maximum absolute atomic E-state index is 12.8. The van der Waals surface area contributed by atoms with Crippen LogP contribution >= 0.6 is 0 Å². The van der Waals surface area contributed by atoms with Crippen molar-refractivity contribution in [3.63, 3.8) is 0 Å². The van der Waals surface area contributed by atoms with E-state index in [0.717, 1.165) is 0 Å². The minimum absolute atomic E-state index is 0.00955. The lowest BCUT2D eigenvalue weighted by molar-refractivity contribution is -0.135. The Hall–Kier alpha value is -2.96. The van der Waals surface area contributed by atoms with Crippen molar-refractivity contribution in [1.29, 1.82) is 0 Å². The molecule has 1 rings (SSSR count). The summed E-state index contributed by atoms with van der Waals surface area (Å²) in [5.74, 6) is 5.26. The zero-order valence-corrected chi connectivity index (χ0v) is 17.5. The molecule has 0 aliphatic carbocycles. The van der Waals surface area contributed by atoms with E-state index in [-0.39, 0.29) is 31.5 Å². The van der Waals surface area contributed by atoms with E-state index in [1.807, 2.05) is 0 Å². The van der Waals surface area contributed by atoms with Crippen LogP contribution in [0.5, 0.6) is 5.75 Å². The molecule has 0 saturated carbocycles. The fourth-order valence-corrected chi connectivity index (χ4v) is 1.93. The first kappa shape index (κ1) is 26.1. The van der Waals surface area contributed by atoms with Crippen molar-refractivity contribution in [1.82, 2.24) is 4.90 Å². The van der Waals surface area contributed by atoms with Crippen LogP contribution in [-0.2, 0) is 9.53 Å². The van der Waals surface area contributed by atoms with Crippen LogP contribution in [0.25, 0.3) is 0 Å². The summed E-state index contributed by atoms with van der Waals surface area (Å²) < 4.78 is 23.1. The topological polar surface area (TPSA) is 99.5 Å². The van der Waals surface area contributed by atoms with Crippen LogP contribution in [0.2, 0.25) is 0 Å². The molecule has 1 aromatic rings. The lowest BCUT2D eigenvalue weighted by atomic mass is 10.2. The molecule has 8 heteroatoms. The Kier molecular flexibility index (Phi) is 12.6. The number of halogens is 1. The SMILES string of the molecule is CN(C)C(=O)COCC(O)C(O)C=CC=CC#CC=CC(O)COc1ccc(F)cc1. The number of aliphatic hydroxyl groups is 3. The molecule has 0 aromatic heterocycles. The van der Waals surface area contributed by atoms with E-state index >= 15 is 0 Å². The molecule has 0 aliphatic rings. The van der Waals surface area contributed by atoms with E-state index in [2.05, 4.69) is 11.8 Å². The second kappa shape index (κ2) is 14.9. The summed E-state index contributed by atoms with van der Waals surface area (Å²) in [5, 5.41) is 29.3. The molecular formula is C23H28FNO6. The molecule has 1 aromatic carbocycles. The molecule has 3 unspecified atom stereocenters. The van der Waals surface area contributed by atoms with Gasteiger partial charge in [0.05, 0.1) is 6.61 Å². The van der Waals surface area contributed by atoms with Gasteiger partial charge < -0.3 is 29.7 Å². The summed E-state index contributed by atoms with van der Waals surface area (Å²) in [4.78, 5) is 12.7. The average molecular weight is 433 g/mol. The number of hydrogen-bond acceptors (Lipinski definition) is 6. The van der Waals surface area contributed by atoms with E-state index < -0.39 is 18.3 Å². The summed E-state index contributed by atoms with van der Waals surface area (Å²) in [5.41, 5.74) is 0. The summed E-state index contributed by atoms with van der Waals surface area (Å²) in [6.45, 7) is -0.335. The van der Waals surface area contributed by atoms with E-state index in [0.29, 0.717) is 5.75 Å². The predicted octanol–water partition coefficient (Wildman–Crippen LogP) is 1.06. The average Bonchev–Trinajstić information content (AvgIpc) is 2.74. The van der Waals surface area contributed by atoms with Gasteiger partial charge in [0.1, 0.15) is 43.1 Å². The summed E-state index contributed by atoms with van der Waals surface area (Å²) in [7, 11) is 3.19. The normalized spacial score (nSPS) is 14.4. The molecule has 0 fully saturated rings. The molecule has 0 saturated heterocycles. The van der Waals surface area contributed by atoms with Crippen LogP contribution in [0.15, 0.2) is 60.7 Å². The second-order valence-electron chi connectivity index (χ2n) is 6.59. The summed E-state index contributed by atoms with van der Waals surface area (Å²) >= 11 is 0. The fraction of sp³-hybridized carbons (Fsp3) is 0.348. The van der Waals surface area contributed by atoms with Crippen molar-refractivity contribution in [2.75, 3.05) is 33.9 Å². The highest BCUT2D eigenvalue weighted by Crippen LogP contribution is 2.11. The molecule has 31 heavy (non-hydrogen) atoms. The summed E-state index contributed by atoms with van der Waals surface area (Å²) in [6, 6.07) is 5.48. The van der Waals surface area contributed by atoms with Gasteiger partial charge in [0, 0.05) is 14.1 Å². The van der Waals surface area contributed by atoms with Crippen LogP contribution < -0.4 is 4.74 Å². The zero-order valence-electron chi connectivity index (χ0n) is 17.5. The molecule has 3 N–H and O–H groups in total. The number of ether oxygens (including phenoxy) is 2. The number of amides is 1. The number of carbonyl (C=O) groups is 1. The zero-order chi connectivity index (χ0) is 23.1. The number of carbonyl (C=O) groups excluding carboxylic acids is 1. The number of allylic oxidation sites excluding steroid dienone is 4. The Bertz CT molecular complexity index is 808. The Morgan fingerprint density at radius 2 is 1.74 bits per heavy atom. The van der Waals surface area contributed by atoms with Crippen molar-refractivity contribution >= 4 is 5.91 Å².